The van der Waals surface area contributed by atoms with Gasteiger partial charge in [-0.15, -0.1) is 0 Å². The monoisotopic (exact) mass is 374 g/mol. The van der Waals surface area contributed by atoms with Crippen LogP contribution in [0.1, 0.15) is 29.5 Å². The van der Waals surface area contributed by atoms with E-state index in [4.69, 9.17) is 4.74 Å². The van der Waals surface area contributed by atoms with E-state index < -0.39 is 10.0 Å². The first-order valence-corrected chi connectivity index (χ1v) is 10.6. The number of fused-ring (bicyclic) bond motifs is 1. The van der Waals surface area contributed by atoms with Gasteiger partial charge in [0.05, 0.1) is 5.75 Å². The third-order valence-electron chi connectivity index (χ3n) is 4.92. The summed E-state index contributed by atoms with van der Waals surface area (Å²) < 4.78 is 32.0. The lowest BCUT2D eigenvalue weighted by Crippen LogP contribution is -2.41. The van der Waals surface area contributed by atoms with E-state index in [1.54, 1.807) is 6.92 Å². The van der Waals surface area contributed by atoms with Gasteiger partial charge in [-0.3, -0.25) is 0 Å². The molecular formula is C20H26N2O3S. The summed E-state index contributed by atoms with van der Waals surface area (Å²) in [4.78, 5) is 0. The number of hydrogen-bond donors (Lipinski definition) is 2. The average Bonchev–Trinajstić information content (AvgIpc) is 2.67. The number of nitrogens with one attached hydrogen (secondary N) is 2. The summed E-state index contributed by atoms with van der Waals surface area (Å²) >= 11 is 0. The average molecular weight is 375 g/mol. The molecule has 0 spiro atoms. The first-order chi connectivity index (χ1) is 12.5. The highest BCUT2D eigenvalue weighted by Gasteiger charge is 2.30. The summed E-state index contributed by atoms with van der Waals surface area (Å²) in [6.07, 6.45) is 0.910. The molecule has 3 rings (SSSR count). The van der Waals surface area contributed by atoms with Crippen LogP contribution in [0, 0.1) is 0 Å². The molecule has 0 unspecified atom stereocenters. The molecule has 1 aliphatic heterocycles. The minimum absolute atomic E-state index is 0.0828. The van der Waals surface area contributed by atoms with E-state index in [2.05, 4.69) is 40.4 Å². The smallest absolute Gasteiger partial charge is 0.211 e. The van der Waals surface area contributed by atoms with Gasteiger partial charge in [-0.05, 0) is 43.1 Å². The predicted molar refractivity (Wildman–Crippen MR) is 104 cm³/mol. The molecule has 2 atom stereocenters. The molecule has 2 N–H and O–H groups in total. The van der Waals surface area contributed by atoms with E-state index in [0.717, 1.165) is 23.3 Å². The van der Waals surface area contributed by atoms with Crippen LogP contribution in [0.3, 0.4) is 0 Å². The maximum Gasteiger partial charge on any atom is 0.211 e. The van der Waals surface area contributed by atoms with Crippen molar-refractivity contribution in [3.8, 4) is 5.75 Å². The Morgan fingerprint density at radius 1 is 1.12 bits per heavy atom. The maximum atomic E-state index is 11.7. The summed E-state index contributed by atoms with van der Waals surface area (Å²) in [5.74, 6) is 1.24. The van der Waals surface area contributed by atoms with E-state index in [0.29, 0.717) is 13.2 Å². The van der Waals surface area contributed by atoms with Gasteiger partial charge in [-0.2, -0.15) is 0 Å². The Kier molecular flexibility index (Phi) is 5.96. The molecule has 26 heavy (non-hydrogen) atoms. The van der Waals surface area contributed by atoms with Gasteiger partial charge >= 0.3 is 0 Å². The Morgan fingerprint density at radius 3 is 2.58 bits per heavy atom. The Labute approximate surface area is 155 Å². The van der Waals surface area contributed by atoms with Crippen molar-refractivity contribution >= 4 is 10.0 Å². The van der Waals surface area contributed by atoms with Crippen LogP contribution in [0.15, 0.2) is 48.5 Å². The molecule has 0 saturated heterocycles. The second-order valence-corrected chi connectivity index (χ2v) is 8.69. The molecule has 140 valence electrons. The lowest BCUT2D eigenvalue weighted by Gasteiger charge is -2.34. The number of ether oxygens (including phenoxy) is 1. The molecule has 0 amide bonds. The number of rotatable bonds is 7. The second kappa shape index (κ2) is 8.20. The van der Waals surface area contributed by atoms with Crippen molar-refractivity contribution in [2.75, 3.05) is 19.4 Å². The molecule has 0 bridgehead atoms. The Hall–Kier alpha value is -1.89. The van der Waals surface area contributed by atoms with Crippen molar-refractivity contribution in [1.29, 1.82) is 0 Å². The minimum Gasteiger partial charge on any atom is -0.492 e. The number of benzene rings is 2. The van der Waals surface area contributed by atoms with Crippen molar-refractivity contribution in [3.05, 3.63) is 65.2 Å². The Bertz CT molecular complexity index is 837. The zero-order chi connectivity index (χ0) is 18.6. The van der Waals surface area contributed by atoms with Gasteiger partial charge < -0.3 is 10.1 Å². The van der Waals surface area contributed by atoms with Gasteiger partial charge in [-0.1, -0.05) is 42.5 Å². The van der Waals surface area contributed by atoms with Gasteiger partial charge in [0, 0.05) is 18.5 Å². The third-order valence-corrected chi connectivity index (χ3v) is 6.27. The molecule has 6 heteroatoms. The van der Waals surface area contributed by atoms with E-state index in [9.17, 15) is 8.42 Å². The molecule has 0 fully saturated rings. The van der Waals surface area contributed by atoms with Gasteiger partial charge in [0.25, 0.3) is 0 Å². The fourth-order valence-electron chi connectivity index (χ4n) is 3.34. The summed E-state index contributed by atoms with van der Waals surface area (Å²) in [5, 5.41) is 3.36. The quantitative estimate of drug-likeness (QED) is 0.781. The molecule has 0 radical (unpaired) electrons. The molecule has 0 aromatic heterocycles. The van der Waals surface area contributed by atoms with Crippen LogP contribution in [-0.4, -0.2) is 33.9 Å². The van der Waals surface area contributed by atoms with Crippen molar-refractivity contribution in [2.24, 2.45) is 0 Å². The molecule has 2 aromatic rings. The van der Waals surface area contributed by atoms with Crippen molar-refractivity contribution in [1.82, 2.24) is 10.0 Å². The number of sulfonamides is 1. The molecule has 1 heterocycles. The highest BCUT2D eigenvalue weighted by atomic mass is 32.2. The summed E-state index contributed by atoms with van der Waals surface area (Å²) in [5.41, 5.74) is 3.36. The number of likely N-dealkylation sites (N-methyl/N-ethyl adjacent to an activating group) is 1. The van der Waals surface area contributed by atoms with Crippen LogP contribution in [0.5, 0.6) is 5.75 Å². The van der Waals surface area contributed by atoms with Gasteiger partial charge in [-0.25, -0.2) is 13.1 Å². The SMILES string of the molecule is CCS(=O)(=O)NCc1ccc2c(c1)[C@@H](Cc1ccccc1)[C@H](NC)CO2. The second-order valence-electron chi connectivity index (χ2n) is 6.60. The zero-order valence-electron chi connectivity index (χ0n) is 15.2. The van der Waals surface area contributed by atoms with Crippen molar-refractivity contribution < 1.29 is 13.2 Å². The van der Waals surface area contributed by atoms with Crippen LogP contribution in [-0.2, 0) is 23.0 Å². The van der Waals surface area contributed by atoms with Crippen LogP contribution >= 0.6 is 0 Å². The van der Waals surface area contributed by atoms with Crippen molar-refractivity contribution in [3.63, 3.8) is 0 Å². The number of hydrogen-bond acceptors (Lipinski definition) is 4. The van der Waals surface area contributed by atoms with E-state index in [-0.39, 0.29) is 17.7 Å². The lowest BCUT2D eigenvalue weighted by atomic mass is 9.83. The van der Waals surface area contributed by atoms with Crippen LogP contribution in [0.25, 0.3) is 0 Å². The lowest BCUT2D eigenvalue weighted by molar-refractivity contribution is 0.218. The van der Waals surface area contributed by atoms with Crippen LogP contribution in [0.4, 0.5) is 0 Å². The fraction of sp³-hybridized carbons (Fsp3) is 0.400. The highest BCUT2D eigenvalue weighted by Crippen LogP contribution is 2.36. The normalized spacial score (nSPS) is 19.6. The van der Waals surface area contributed by atoms with E-state index in [1.807, 2.05) is 25.2 Å². The Balaban J connectivity index is 1.87. The van der Waals surface area contributed by atoms with Gasteiger partial charge in [0.15, 0.2) is 0 Å². The zero-order valence-corrected chi connectivity index (χ0v) is 16.1. The molecule has 2 aromatic carbocycles. The summed E-state index contributed by atoms with van der Waals surface area (Å²) in [6, 6.07) is 16.6. The van der Waals surface area contributed by atoms with E-state index in [1.165, 1.54) is 5.56 Å². The first-order valence-electron chi connectivity index (χ1n) is 8.96. The summed E-state index contributed by atoms with van der Waals surface area (Å²) in [6.45, 7) is 2.56. The molecular weight excluding hydrogens is 348 g/mol. The van der Waals surface area contributed by atoms with Crippen molar-refractivity contribution in [2.45, 2.75) is 31.8 Å². The molecule has 1 aliphatic rings. The van der Waals surface area contributed by atoms with Crippen LogP contribution < -0.4 is 14.8 Å². The topological polar surface area (TPSA) is 67.4 Å². The minimum atomic E-state index is -3.21. The highest BCUT2D eigenvalue weighted by molar-refractivity contribution is 7.89. The third kappa shape index (κ3) is 4.44. The molecule has 5 nitrogen and oxygen atoms in total. The molecule has 0 aliphatic carbocycles. The van der Waals surface area contributed by atoms with Gasteiger partial charge in [0.2, 0.25) is 10.0 Å². The first kappa shape index (κ1) is 18.9. The molecule has 0 saturated carbocycles. The standard InChI is InChI=1S/C20H26N2O3S/c1-3-26(23,24)22-13-16-9-10-20-18(12-16)17(19(21-2)14-25-20)11-15-7-5-4-6-8-15/h4-10,12,17,19,21-22H,3,11,13-14H2,1-2H3/t17-,19-/m1/s1. The van der Waals surface area contributed by atoms with Gasteiger partial charge in [0.1, 0.15) is 12.4 Å². The van der Waals surface area contributed by atoms with E-state index >= 15 is 0 Å². The Morgan fingerprint density at radius 2 is 1.88 bits per heavy atom. The predicted octanol–water partition coefficient (Wildman–Crippen LogP) is 2.43. The fourth-order valence-corrected chi connectivity index (χ4v) is 3.93. The largest absolute Gasteiger partial charge is 0.492 e. The van der Waals surface area contributed by atoms with Crippen LogP contribution in [0.2, 0.25) is 0 Å². The summed E-state index contributed by atoms with van der Waals surface area (Å²) in [7, 11) is -1.26. The maximum absolute atomic E-state index is 11.7.